The highest BCUT2D eigenvalue weighted by Crippen LogP contribution is 2.63. The molecule has 2 fully saturated rings. The molecule has 11 nitrogen and oxygen atoms in total. The van der Waals surface area contributed by atoms with Crippen molar-refractivity contribution in [1.29, 1.82) is 0 Å². The van der Waals surface area contributed by atoms with Gasteiger partial charge in [-0.05, 0) is 6.07 Å². The number of fused-ring (bicyclic) bond motifs is 2. The molecule has 3 amide bonds. The minimum Gasteiger partial charge on any atom is -0.481 e. The quantitative estimate of drug-likeness (QED) is 0.543. The van der Waals surface area contributed by atoms with E-state index in [1.165, 1.54) is 11.3 Å². The molecule has 0 saturated carbocycles. The van der Waals surface area contributed by atoms with Gasteiger partial charge in [-0.15, -0.1) is 11.3 Å². The fraction of sp³-hybridized carbons (Fsp3) is 0.409. The highest BCUT2D eigenvalue weighted by Gasteiger charge is 2.74. The molecule has 5 heterocycles. The second-order valence-electron chi connectivity index (χ2n) is 8.64. The van der Waals surface area contributed by atoms with Crippen LogP contribution in [0.4, 0.5) is 15.9 Å². The van der Waals surface area contributed by atoms with Crippen molar-refractivity contribution in [3.63, 3.8) is 0 Å². The lowest BCUT2D eigenvalue weighted by Gasteiger charge is -2.32. The maximum Gasteiger partial charge on any atom is 0.320 e. The van der Waals surface area contributed by atoms with E-state index in [4.69, 9.17) is 9.15 Å². The SMILES string of the molecule is CNC(=O)Nc1nc2c(s1)C1CN(C(C)=O)CC3N(c4ncc(-c5cccc(OC)n5)o4)C13C2. The van der Waals surface area contributed by atoms with E-state index in [0.29, 0.717) is 48.0 Å². The number of piperidine rings is 1. The molecule has 3 aromatic rings. The number of likely N-dealkylation sites (tertiary alicyclic amines) is 1. The monoisotopic (exact) mass is 481 g/mol. The number of anilines is 2. The van der Waals surface area contributed by atoms with Crippen molar-refractivity contribution < 1.29 is 18.7 Å². The molecule has 3 unspecified atom stereocenters. The first-order valence-electron chi connectivity index (χ1n) is 10.9. The summed E-state index contributed by atoms with van der Waals surface area (Å²) in [6.45, 7) is 2.81. The topological polar surface area (TPSA) is 125 Å². The van der Waals surface area contributed by atoms with Crippen LogP contribution in [-0.4, -0.2) is 70.6 Å². The first kappa shape index (κ1) is 20.9. The summed E-state index contributed by atoms with van der Waals surface area (Å²) in [6.07, 6.45) is 2.38. The molecule has 3 aliphatic rings. The van der Waals surface area contributed by atoms with Crippen molar-refractivity contribution in [2.75, 3.05) is 37.5 Å². The Balaban J connectivity index is 1.33. The van der Waals surface area contributed by atoms with Crippen LogP contribution in [0.25, 0.3) is 11.5 Å². The summed E-state index contributed by atoms with van der Waals surface area (Å²) in [4.78, 5) is 42.9. The molecule has 6 rings (SSSR count). The summed E-state index contributed by atoms with van der Waals surface area (Å²) in [5.41, 5.74) is 1.37. The maximum absolute atomic E-state index is 12.3. The van der Waals surface area contributed by atoms with Crippen molar-refractivity contribution in [1.82, 2.24) is 25.2 Å². The van der Waals surface area contributed by atoms with E-state index >= 15 is 0 Å². The van der Waals surface area contributed by atoms with Gasteiger partial charge in [0.1, 0.15) is 5.69 Å². The third-order valence-electron chi connectivity index (χ3n) is 6.94. The largest absolute Gasteiger partial charge is 0.481 e. The molecular weight excluding hydrogens is 458 g/mol. The number of carbonyl (C=O) groups excluding carboxylic acids is 2. The van der Waals surface area contributed by atoms with Crippen molar-refractivity contribution in [2.24, 2.45) is 0 Å². The maximum atomic E-state index is 12.3. The summed E-state index contributed by atoms with van der Waals surface area (Å²) < 4.78 is 11.4. The number of hydrogen-bond donors (Lipinski definition) is 2. The predicted molar refractivity (Wildman–Crippen MR) is 124 cm³/mol. The van der Waals surface area contributed by atoms with Crippen molar-refractivity contribution in [3.8, 4) is 17.3 Å². The van der Waals surface area contributed by atoms with Crippen LogP contribution < -0.4 is 20.3 Å². The molecule has 12 heteroatoms. The van der Waals surface area contributed by atoms with Gasteiger partial charge in [0, 0.05) is 50.3 Å². The van der Waals surface area contributed by atoms with E-state index in [2.05, 4.69) is 30.5 Å². The zero-order valence-electron chi connectivity index (χ0n) is 18.9. The molecule has 176 valence electrons. The van der Waals surface area contributed by atoms with Crippen LogP contribution in [0.15, 0.2) is 28.8 Å². The van der Waals surface area contributed by atoms with Crippen LogP contribution in [0.1, 0.15) is 23.4 Å². The standard InChI is InChI=1S/C22H23N7O4S/c1-11(30)28-9-12-18-14(26-20(34-18)27-19(31)23-2)7-22(12)16(10-28)29(22)21-24-8-15(33-21)13-5-4-6-17(25-13)32-3/h4-6,8,12,16H,7,9-10H2,1-3H3,(H2,23,26,27,31). The number of methoxy groups -OCH3 is 1. The number of oxazole rings is 1. The molecule has 3 atom stereocenters. The lowest BCUT2D eigenvalue weighted by Crippen LogP contribution is -2.45. The molecule has 0 bridgehead atoms. The highest BCUT2D eigenvalue weighted by atomic mass is 32.1. The first-order chi connectivity index (χ1) is 16.4. The summed E-state index contributed by atoms with van der Waals surface area (Å²) in [5.74, 6) is 1.15. The summed E-state index contributed by atoms with van der Waals surface area (Å²) in [7, 11) is 3.14. The van der Waals surface area contributed by atoms with Gasteiger partial charge >= 0.3 is 6.03 Å². The van der Waals surface area contributed by atoms with E-state index in [0.717, 1.165) is 10.6 Å². The number of pyridine rings is 1. The van der Waals surface area contributed by atoms with Gasteiger partial charge in [0.15, 0.2) is 10.9 Å². The van der Waals surface area contributed by atoms with Crippen molar-refractivity contribution >= 4 is 34.4 Å². The number of nitrogens with zero attached hydrogens (tertiary/aromatic N) is 5. The predicted octanol–water partition coefficient (Wildman–Crippen LogP) is 2.08. The molecule has 1 spiro atoms. The zero-order chi connectivity index (χ0) is 23.6. The Bertz CT molecular complexity index is 1310. The van der Waals surface area contributed by atoms with Crippen LogP contribution in [0.5, 0.6) is 5.88 Å². The number of amides is 3. The minimum absolute atomic E-state index is 0.0378. The molecule has 2 aliphatic heterocycles. The third kappa shape index (κ3) is 2.98. The third-order valence-corrected chi connectivity index (χ3v) is 8.07. The molecule has 2 saturated heterocycles. The van der Waals surface area contributed by atoms with Gasteiger partial charge in [-0.2, -0.15) is 0 Å². The fourth-order valence-corrected chi connectivity index (χ4v) is 6.49. The zero-order valence-corrected chi connectivity index (χ0v) is 19.7. The van der Waals surface area contributed by atoms with Gasteiger partial charge in [-0.25, -0.2) is 19.7 Å². The molecule has 3 aromatic heterocycles. The number of carbonyl (C=O) groups is 2. The van der Waals surface area contributed by atoms with E-state index in [9.17, 15) is 9.59 Å². The van der Waals surface area contributed by atoms with Gasteiger partial charge in [0.2, 0.25) is 11.8 Å². The van der Waals surface area contributed by atoms with Gasteiger partial charge in [-0.3, -0.25) is 10.1 Å². The number of nitrogens with one attached hydrogen (secondary N) is 2. The number of urea groups is 1. The van der Waals surface area contributed by atoms with Crippen molar-refractivity contribution in [2.45, 2.75) is 30.8 Å². The van der Waals surface area contributed by atoms with Crippen LogP contribution in [-0.2, 0) is 11.2 Å². The number of hydrogen-bond acceptors (Lipinski definition) is 9. The summed E-state index contributed by atoms with van der Waals surface area (Å²) in [6, 6.07) is 5.76. The van der Waals surface area contributed by atoms with Crippen LogP contribution >= 0.6 is 11.3 Å². The normalized spacial score (nSPS) is 24.2. The van der Waals surface area contributed by atoms with E-state index in [-0.39, 0.29) is 29.4 Å². The lowest BCUT2D eigenvalue weighted by atomic mass is 9.87. The van der Waals surface area contributed by atoms with E-state index in [1.807, 2.05) is 17.0 Å². The Hall–Kier alpha value is -3.67. The van der Waals surface area contributed by atoms with Crippen molar-refractivity contribution in [3.05, 3.63) is 35.0 Å². The van der Waals surface area contributed by atoms with Gasteiger partial charge in [-0.1, -0.05) is 6.07 Å². The smallest absolute Gasteiger partial charge is 0.320 e. The minimum atomic E-state index is -0.305. The number of thiazole rings is 1. The average Bonchev–Trinajstić information content (AvgIpc) is 3.17. The Morgan fingerprint density at radius 1 is 1.29 bits per heavy atom. The Kier molecular flexibility index (Phi) is 4.56. The number of aromatic nitrogens is 3. The molecular formula is C22H23N7O4S. The number of ether oxygens (including phenoxy) is 1. The molecule has 1 aliphatic carbocycles. The lowest BCUT2D eigenvalue weighted by molar-refractivity contribution is -0.129. The molecule has 2 N–H and O–H groups in total. The first-order valence-corrected chi connectivity index (χ1v) is 11.8. The summed E-state index contributed by atoms with van der Waals surface area (Å²) >= 11 is 1.47. The molecule has 0 aromatic carbocycles. The molecule has 34 heavy (non-hydrogen) atoms. The second kappa shape index (κ2) is 7.42. The molecule has 0 radical (unpaired) electrons. The second-order valence-corrected chi connectivity index (χ2v) is 9.67. The Morgan fingerprint density at radius 3 is 2.91 bits per heavy atom. The van der Waals surface area contributed by atoms with Gasteiger partial charge < -0.3 is 24.3 Å². The van der Waals surface area contributed by atoms with Crippen LogP contribution in [0.2, 0.25) is 0 Å². The van der Waals surface area contributed by atoms with E-state index in [1.54, 1.807) is 33.3 Å². The Labute approximate surface area is 199 Å². The average molecular weight is 482 g/mol. The van der Waals surface area contributed by atoms with Crippen LogP contribution in [0.3, 0.4) is 0 Å². The highest BCUT2D eigenvalue weighted by molar-refractivity contribution is 7.16. The fourth-order valence-electron chi connectivity index (χ4n) is 5.32. The Morgan fingerprint density at radius 2 is 2.15 bits per heavy atom. The van der Waals surface area contributed by atoms with Crippen LogP contribution in [0, 0.1) is 0 Å². The van der Waals surface area contributed by atoms with Gasteiger partial charge in [0.25, 0.3) is 6.01 Å². The number of rotatable bonds is 4. The summed E-state index contributed by atoms with van der Waals surface area (Å²) in [5, 5.41) is 5.87. The van der Waals surface area contributed by atoms with Gasteiger partial charge in [0.05, 0.1) is 30.6 Å². The van der Waals surface area contributed by atoms with E-state index < -0.39 is 0 Å².